The van der Waals surface area contributed by atoms with Crippen molar-refractivity contribution in [2.24, 2.45) is 0 Å². The summed E-state index contributed by atoms with van der Waals surface area (Å²) < 4.78 is 35.6. The Morgan fingerprint density at radius 3 is 2.58 bits per heavy atom. The standard InChI is InChI=1S/C31H28F2N6O3S/c1-2-38-15-11-22(12-16-38)43-30-28-27(10-13-34-29(28)36-37-30)42-26-8-3-19(17-24(26)33)18-25(40)23-9-14-35-39(31(23)41)21-6-4-20(32)5-7-21/h3-10,13-14,17,22H,2,11-12,15-16,18H2,1H3,(H,34,36,37). The Morgan fingerprint density at radius 1 is 1.05 bits per heavy atom. The van der Waals surface area contributed by atoms with Crippen LogP contribution in [-0.4, -0.2) is 60.5 Å². The molecule has 12 heteroatoms. The van der Waals surface area contributed by atoms with Crippen LogP contribution in [0, 0.1) is 11.6 Å². The number of ketones is 1. The number of piperidine rings is 1. The minimum atomic E-state index is -0.654. The van der Waals surface area contributed by atoms with E-state index in [0.29, 0.717) is 33.3 Å². The number of aromatic nitrogens is 5. The lowest BCUT2D eigenvalue weighted by molar-refractivity contribution is 0.0991. The lowest BCUT2D eigenvalue weighted by atomic mass is 10.0. The first-order chi connectivity index (χ1) is 20.9. The van der Waals surface area contributed by atoms with E-state index in [1.807, 2.05) is 0 Å². The highest BCUT2D eigenvalue weighted by atomic mass is 32.2. The molecule has 4 heterocycles. The summed E-state index contributed by atoms with van der Waals surface area (Å²) in [5.41, 5.74) is 0.491. The van der Waals surface area contributed by atoms with Gasteiger partial charge in [0.15, 0.2) is 23.0 Å². The van der Waals surface area contributed by atoms with Crippen LogP contribution < -0.4 is 10.3 Å². The van der Waals surface area contributed by atoms with E-state index >= 15 is 4.39 Å². The fraction of sp³-hybridized carbons (Fsp3) is 0.258. The van der Waals surface area contributed by atoms with Gasteiger partial charge in [0.1, 0.15) is 16.6 Å². The molecule has 1 fully saturated rings. The van der Waals surface area contributed by atoms with Crippen molar-refractivity contribution in [3.05, 3.63) is 100 Å². The average Bonchev–Trinajstić information content (AvgIpc) is 3.43. The smallest absolute Gasteiger partial charge is 0.282 e. The van der Waals surface area contributed by atoms with Crippen molar-refractivity contribution >= 4 is 28.6 Å². The number of nitrogens with zero attached hydrogens (tertiary/aromatic N) is 5. The zero-order valence-corrected chi connectivity index (χ0v) is 24.1. The number of nitrogens with one attached hydrogen (secondary N) is 1. The first kappa shape index (κ1) is 28.7. The summed E-state index contributed by atoms with van der Waals surface area (Å²) in [6.45, 7) is 5.31. The van der Waals surface area contributed by atoms with Gasteiger partial charge in [-0.3, -0.25) is 14.7 Å². The zero-order chi connectivity index (χ0) is 29.9. The summed E-state index contributed by atoms with van der Waals surface area (Å²) in [7, 11) is 0. The molecule has 3 aromatic heterocycles. The Kier molecular flexibility index (Phi) is 8.30. The number of Topliss-reactive ketones (excluding diaryl/α,β-unsaturated/α-hetero) is 1. The van der Waals surface area contributed by atoms with Crippen molar-refractivity contribution in [2.75, 3.05) is 19.6 Å². The molecule has 6 rings (SSSR count). The number of fused-ring (bicyclic) bond motifs is 1. The molecule has 1 aliphatic heterocycles. The minimum absolute atomic E-state index is 0.0142. The molecule has 220 valence electrons. The van der Waals surface area contributed by atoms with Gasteiger partial charge in [-0.15, -0.1) is 11.8 Å². The molecule has 43 heavy (non-hydrogen) atoms. The summed E-state index contributed by atoms with van der Waals surface area (Å²) in [6.07, 6.45) is 4.79. The van der Waals surface area contributed by atoms with Crippen molar-refractivity contribution in [3.63, 3.8) is 0 Å². The molecule has 0 radical (unpaired) electrons. The number of pyridine rings is 1. The highest BCUT2D eigenvalue weighted by molar-refractivity contribution is 8.00. The van der Waals surface area contributed by atoms with Gasteiger partial charge in [-0.2, -0.15) is 14.9 Å². The predicted molar refractivity (Wildman–Crippen MR) is 159 cm³/mol. The number of rotatable bonds is 9. The molecule has 1 saturated heterocycles. The predicted octanol–water partition coefficient (Wildman–Crippen LogP) is 5.58. The molecule has 0 saturated carbocycles. The lowest BCUT2D eigenvalue weighted by Gasteiger charge is -2.30. The third kappa shape index (κ3) is 6.20. The largest absolute Gasteiger partial charge is 0.453 e. The second-order valence-corrected chi connectivity index (χ2v) is 11.5. The third-order valence-corrected chi connectivity index (χ3v) is 8.77. The van der Waals surface area contributed by atoms with Crippen molar-refractivity contribution in [1.82, 2.24) is 29.9 Å². The van der Waals surface area contributed by atoms with Gasteiger partial charge in [0.25, 0.3) is 5.56 Å². The fourth-order valence-corrected chi connectivity index (χ4v) is 6.27. The zero-order valence-electron chi connectivity index (χ0n) is 23.3. The number of likely N-dealkylation sites (tertiary alicyclic amines) is 1. The van der Waals surface area contributed by atoms with Crippen molar-refractivity contribution in [1.29, 1.82) is 0 Å². The summed E-state index contributed by atoms with van der Waals surface area (Å²) in [5.74, 6) is -1.21. The van der Waals surface area contributed by atoms with Crippen LogP contribution in [0.25, 0.3) is 16.7 Å². The Bertz CT molecular complexity index is 1830. The SMILES string of the molecule is CCN1CCC(Sc2n[nH]c3nccc(Oc4ccc(CC(=O)c5ccnn(-c6ccc(F)cc6)c5=O)cc4F)c23)CC1. The van der Waals surface area contributed by atoms with E-state index in [9.17, 15) is 14.0 Å². The Labute approximate surface area is 249 Å². The van der Waals surface area contributed by atoms with Crippen molar-refractivity contribution < 1.29 is 18.3 Å². The number of carbonyl (C=O) groups is 1. The summed E-state index contributed by atoms with van der Waals surface area (Å²) in [6, 6.07) is 12.4. The number of hydrogen-bond acceptors (Lipinski definition) is 8. The van der Waals surface area contributed by atoms with Crippen LogP contribution in [0.5, 0.6) is 11.5 Å². The molecule has 1 aliphatic rings. The van der Waals surface area contributed by atoms with Gasteiger partial charge in [0.05, 0.1) is 16.6 Å². The number of thioether (sulfide) groups is 1. The molecule has 0 amide bonds. The van der Waals surface area contributed by atoms with Crippen LogP contribution in [0.2, 0.25) is 0 Å². The maximum Gasteiger partial charge on any atom is 0.282 e. The second-order valence-electron chi connectivity index (χ2n) is 10.2. The third-order valence-electron chi connectivity index (χ3n) is 7.45. The Balaban J connectivity index is 1.18. The molecular formula is C31H28F2N6O3S. The number of halogens is 2. The maximum absolute atomic E-state index is 15.3. The molecule has 0 bridgehead atoms. The van der Waals surface area contributed by atoms with Gasteiger partial charge >= 0.3 is 0 Å². The number of benzene rings is 2. The highest BCUT2D eigenvalue weighted by Gasteiger charge is 2.23. The van der Waals surface area contributed by atoms with E-state index in [1.54, 1.807) is 30.1 Å². The van der Waals surface area contributed by atoms with Gasteiger partial charge in [0.2, 0.25) is 0 Å². The van der Waals surface area contributed by atoms with E-state index in [0.717, 1.165) is 42.2 Å². The number of aromatic amines is 1. The molecule has 0 atom stereocenters. The topological polar surface area (TPSA) is 106 Å². The van der Waals surface area contributed by atoms with Gasteiger partial charge in [-0.1, -0.05) is 13.0 Å². The van der Waals surface area contributed by atoms with E-state index in [2.05, 4.69) is 32.1 Å². The van der Waals surface area contributed by atoms with Crippen LogP contribution in [0.1, 0.15) is 35.7 Å². The first-order valence-corrected chi connectivity index (χ1v) is 14.8. The van der Waals surface area contributed by atoms with Gasteiger partial charge in [-0.05, 0) is 80.5 Å². The maximum atomic E-state index is 15.3. The molecule has 9 nitrogen and oxygen atoms in total. The van der Waals surface area contributed by atoms with Crippen LogP contribution in [0.15, 0.2) is 76.8 Å². The van der Waals surface area contributed by atoms with Gasteiger partial charge < -0.3 is 9.64 Å². The second kappa shape index (κ2) is 12.4. The average molecular weight is 603 g/mol. The van der Waals surface area contributed by atoms with E-state index in [1.165, 1.54) is 48.7 Å². The number of ether oxygens (including phenoxy) is 1. The lowest BCUT2D eigenvalue weighted by Crippen LogP contribution is -2.34. The van der Waals surface area contributed by atoms with Crippen LogP contribution in [0.4, 0.5) is 8.78 Å². The van der Waals surface area contributed by atoms with E-state index in [-0.39, 0.29) is 17.7 Å². The first-order valence-electron chi connectivity index (χ1n) is 14.0. The van der Waals surface area contributed by atoms with E-state index < -0.39 is 23.0 Å². The quantitative estimate of drug-likeness (QED) is 0.218. The monoisotopic (exact) mass is 602 g/mol. The molecule has 0 unspecified atom stereocenters. The molecule has 2 aromatic carbocycles. The fourth-order valence-electron chi connectivity index (χ4n) is 5.09. The van der Waals surface area contributed by atoms with Gasteiger partial charge in [-0.25, -0.2) is 13.8 Å². The molecule has 1 N–H and O–H groups in total. The number of H-pyrrole nitrogens is 1. The summed E-state index contributed by atoms with van der Waals surface area (Å²) in [4.78, 5) is 32.8. The minimum Gasteiger partial charge on any atom is -0.453 e. The number of hydrogen-bond donors (Lipinski definition) is 1. The van der Waals surface area contributed by atoms with Crippen molar-refractivity contribution in [2.45, 2.75) is 36.5 Å². The van der Waals surface area contributed by atoms with Gasteiger partial charge in [0, 0.05) is 30.1 Å². The molecule has 5 aromatic rings. The molecule has 0 spiro atoms. The number of carbonyl (C=O) groups excluding carboxylic acids is 1. The normalized spacial score (nSPS) is 14.3. The van der Waals surface area contributed by atoms with E-state index in [4.69, 9.17) is 4.74 Å². The Hall–Kier alpha value is -4.42. The highest BCUT2D eigenvalue weighted by Crippen LogP contribution is 2.39. The van der Waals surface area contributed by atoms with Crippen LogP contribution >= 0.6 is 11.8 Å². The van der Waals surface area contributed by atoms with Crippen molar-refractivity contribution in [3.8, 4) is 17.2 Å². The summed E-state index contributed by atoms with van der Waals surface area (Å²) in [5, 5.41) is 13.3. The molecule has 0 aliphatic carbocycles. The molecular weight excluding hydrogens is 574 g/mol. The Morgan fingerprint density at radius 2 is 1.84 bits per heavy atom. The van der Waals surface area contributed by atoms with Crippen LogP contribution in [0.3, 0.4) is 0 Å². The summed E-state index contributed by atoms with van der Waals surface area (Å²) >= 11 is 1.68. The van der Waals surface area contributed by atoms with Crippen LogP contribution in [-0.2, 0) is 6.42 Å².